The predicted octanol–water partition coefficient (Wildman–Crippen LogP) is 1.45. The Morgan fingerprint density at radius 3 is 2.57 bits per heavy atom. The minimum absolute atomic E-state index is 0.000410. The highest BCUT2D eigenvalue weighted by Gasteiger charge is 2.15. The fourth-order valence-electron chi connectivity index (χ4n) is 1.93. The fraction of sp³-hybridized carbons (Fsp3) is 0.333. The maximum absolute atomic E-state index is 11.9. The van der Waals surface area contributed by atoms with E-state index in [1.807, 2.05) is 0 Å². The van der Waals surface area contributed by atoms with Crippen LogP contribution in [0.5, 0.6) is 0 Å². The van der Waals surface area contributed by atoms with E-state index in [1.165, 1.54) is 0 Å². The first-order valence-electron chi connectivity index (χ1n) is 6.96. The van der Waals surface area contributed by atoms with Crippen LogP contribution in [-0.2, 0) is 31.9 Å². The van der Waals surface area contributed by atoms with Crippen molar-refractivity contribution in [1.82, 2.24) is 9.88 Å². The number of benzene rings is 1. The molecular weight excluding hydrogens is 320 g/mol. The number of nitrogens with zero attached hydrogens (tertiary/aromatic N) is 1. The van der Waals surface area contributed by atoms with Crippen LogP contribution in [0.1, 0.15) is 22.6 Å². The van der Waals surface area contributed by atoms with Crippen molar-refractivity contribution >= 4 is 16.0 Å². The van der Waals surface area contributed by atoms with E-state index in [0.29, 0.717) is 22.6 Å². The Hall–Kier alpha value is -2.19. The highest BCUT2D eigenvalue weighted by molar-refractivity contribution is 7.88. The lowest BCUT2D eigenvalue weighted by Crippen LogP contribution is -2.31. The number of rotatable bonds is 7. The molecule has 0 bridgehead atoms. The molecule has 0 saturated heterocycles. The largest absolute Gasteiger partial charge is 0.460 e. The quantitative estimate of drug-likeness (QED) is 0.767. The third-order valence-corrected chi connectivity index (χ3v) is 4.49. The number of aromatic nitrogens is 1. The van der Waals surface area contributed by atoms with Gasteiger partial charge in [0.15, 0.2) is 0 Å². The van der Waals surface area contributed by atoms with Crippen molar-refractivity contribution in [3.05, 3.63) is 52.9 Å². The summed E-state index contributed by atoms with van der Waals surface area (Å²) in [5.41, 5.74) is 1.97. The van der Waals surface area contributed by atoms with Gasteiger partial charge in [0.05, 0.1) is 17.0 Å². The van der Waals surface area contributed by atoms with E-state index in [0.717, 1.165) is 0 Å². The van der Waals surface area contributed by atoms with Gasteiger partial charge in [-0.1, -0.05) is 35.5 Å². The highest BCUT2D eigenvalue weighted by Crippen LogP contribution is 2.13. The second-order valence-corrected chi connectivity index (χ2v) is 6.84. The van der Waals surface area contributed by atoms with Crippen molar-refractivity contribution < 1.29 is 22.5 Å². The summed E-state index contributed by atoms with van der Waals surface area (Å²) >= 11 is 0. The monoisotopic (exact) mass is 338 g/mol. The third kappa shape index (κ3) is 5.19. The Morgan fingerprint density at radius 2 is 1.96 bits per heavy atom. The molecule has 0 spiro atoms. The van der Waals surface area contributed by atoms with E-state index in [1.54, 1.807) is 44.2 Å². The maximum atomic E-state index is 11.9. The average molecular weight is 338 g/mol. The molecule has 2 rings (SSSR count). The number of ether oxygens (including phenoxy) is 1. The first-order chi connectivity index (χ1) is 10.9. The van der Waals surface area contributed by atoms with Crippen LogP contribution in [0.15, 0.2) is 34.9 Å². The molecule has 0 radical (unpaired) electrons. The molecule has 0 aliphatic rings. The minimum atomic E-state index is -3.60. The van der Waals surface area contributed by atoms with Crippen LogP contribution in [0.3, 0.4) is 0 Å². The lowest BCUT2D eigenvalue weighted by molar-refractivity contribution is -0.143. The van der Waals surface area contributed by atoms with Crippen LogP contribution >= 0.6 is 0 Å². The van der Waals surface area contributed by atoms with Crippen molar-refractivity contribution in [1.29, 1.82) is 0 Å². The van der Waals surface area contributed by atoms with E-state index < -0.39 is 22.5 Å². The molecule has 23 heavy (non-hydrogen) atoms. The van der Waals surface area contributed by atoms with Crippen molar-refractivity contribution in [2.45, 2.75) is 26.2 Å². The highest BCUT2D eigenvalue weighted by atomic mass is 32.2. The summed E-state index contributed by atoms with van der Waals surface area (Å²) in [5.74, 6) is -0.285. The number of esters is 1. The number of carbonyl (C=O) groups excluding carboxylic acids is 1. The summed E-state index contributed by atoms with van der Waals surface area (Å²) in [5, 5.41) is 3.75. The molecule has 0 aliphatic heterocycles. The third-order valence-electron chi connectivity index (χ3n) is 3.19. The lowest BCUT2D eigenvalue weighted by Gasteiger charge is -2.07. The molecule has 2 aromatic rings. The summed E-state index contributed by atoms with van der Waals surface area (Å²) in [7, 11) is -3.60. The molecule has 0 saturated carbocycles. The van der Waals surface area contributed by atoms with Gasteiger partial charge in [-0.2, -0.15) is 0 Å². The first kappa shape index (κ1) is 17.2. The van der Waals surface area contributed by atoms with Crippen LogP contribution < -0.4 is 4.72 Å². The van der Waals surface area contributed by atoms with E-state index >= 15 is 0 Å². The zero-order chi connectivity index (χ0) is 16.9. The second kappa shape index (κ2) is 7.38. The summed E-state index contributed by atoms with van der Waals surface area (Å²) in [4.78, 5) is 11.7. The zero-order valence-corrected chi connectivity index (χ0v) is 13.7. The number of nitrogens with one attached hydrogen (secondary N) is 1. The Labute approximate surface area is 134 Å². The molecule has 124 valence electrons. The smallest absolute Gasteiger partial charge is 0.321 e. The number of carbonyl (C=O) groups is 1. The average Bonchev–Trinajstić information content (AvgIpc) is 2.82. The van der Waals surface area contributed by atoms with Gasteiger partial charge < -0.3 is 9.26 Å². The molecule has 1 heterocycles. The van der Waals surface area contributed by atoms with Gasteiger partial charge in [-0.25, -0.2) is 13.1 Å². The van der Waals surface area contributed by atoms with E-state index in [4.69, 9.17) is 9.26 Å². The lowest BCUT2D eigenvalue weighted by atomic mass is 10.2. The molecule has 1 N–H and O–H groups in total. The van der Waals surface area contributed by atoms with Gasteiger partial charge in [-0.15, -0.1) is 0 Å². The number of hydrogen-bond acceptors (Lipinski definition) is 6. The van der Waals surface area contributed by atoms with Crippen molar-refractivity contribution in [3.63, 3.8) is 0 Å². The Morgan fingerprint density at radius 1 is 1.26 bits per heavy atom. The van der Waals surface area contributed by atoms with Crippen LogP contribution in [0.2, 0.25) is 0 Å². The maximum Gasteiger partial charge on any atom is 0.321 e. The summed E-state index contributed by atoms with van der Waals surface area (Å²) in [6, 6.07) is 8.71. The SMILES string of the molecule is Cc1noc(C)c1COC(=O)CNS(=O)(=O)Cc1ccccc1. The molecule has 8 heteroatoms. The van der Waals surface area contributed by atoms with Crippen molar-refractivity contribution in [2.75, 3.05) is 6.54 Å². The number of sulfonamides is 1. The number of hydrogen-bond donors (Lipinski definition) is 1. The van der Waals surface area contributed by atoms with E-state index in [-0.39, 0.29) is 12.4 Å². The Kier molecular flexibility index (Phi) is 5.51. The molecule has 1 aromatic heterocycles. The van der Waals surface area contributed by atoms with Gasteiger partial charge >= 0.3 is 5.97 Å². The summed E-state index contributed by atoms with van der Waals surface area (Å²) < 4.78 is 36.0. The molecule has 0 atom stereocenters. The molecule has 0 fully saturated rings. The van der Waals surface area contributed by atoms with Crippen LogP contribution in [0.4, 0.5) is 0 Å². The summed E-state index contributed by atoms with van der Waals surface area (Å²) in [6.45, 7) is 3.03. The van der Waals surface area contributed by atoms with Gasteiger partial charge in [0.25, 0.3) is 0 Å². The summed E-state index contributed by atoms with van der Waals surface area (Å²) in [6.07, 6.45) is 0. The van der Waals surface area contributed by atoms with E-state index in [9.17, 15) is 13.2 Å². The molecule has 0 unspecified atom stereocenters. The Bertz CT molecular complexity index is 749. The van der Waals surface area contributed by atoms with Gasteiger partial charge in [0.2, 0.25) is 10.0 Å². The van der Waals surface area contributed by atoms with Gasteiger partial charge in [-0.05, 0) is 19.4 Å². The van der Waals surface area contributed by atoms with Gasteiger partial charge in [0.1, 0.15) is 18.9 Å². The predicted molar refractivity (Wildman–Crippen MR) is 82.8 cm³/mol. The first-order valence-corrected chi connectivity index (χ1v) is 8.61. The fourth-order valence-corrected chi connectivity index (χ4v) is 3.00. The van der Waals surface area contributed by atoms with Crippen LogP contribution in [-0.4, -0.2) is 26.1 Å². The minimum Gasteiger partial charge on any atom is -0.460 e. The zero-order valence-electron chi connectivity index (χ0n) is 12.9. The number of aryl methyl sites for hydroxylation is 2. The molecule has 7 nitrogen and oxygen atoms in total. The van der Waals surface area contributed by atoms with Crippen molar-refractivity contribution in [3.8, 4) is 0 Å². The van der Waals surface area contributed by atoms with Crippen LogP contribution in [0, 0.1) is 13.8 Å². The topological polar surface area (TPSA) is 98.5 Å². The second-order valence-electron chi connectivity index (χ2n) is 5.03. The molecular formula is C15H18N2O5S. The van der Waals surface area contributed by atoms with Crippen LogP contribution in [0.25, 0.3) is 0 Å². The molecule has 0 aliphatic carbocycles. The molecule has 0 amide bonds. The normalized spacial score (nSPS) is 11.4. The van der Waals surface area contributed by atoms with Crippen molar-refractivity contribution in [2.24, 2.45) is 0 Å². The van der Waals surface area contributed by atoms with Gasteiger partial charge in [0, 0.05) is 0 Å². The van der Waals surface area contributed by atoms with Gasteiger partial charge in [-0.3, -0.25) is 4.79 Å². The molecule has 1 aromatic carbocycles. The standard InChI is InChI=1S/C15H18N2O5S/c1-11-14(12(2)22-17-11)9-21-15(18)8-16-23(19,20)10-13-6-4-3-5-7-13/h3-7,16H,8-10H2,1-2H3. The van der Waals surface area contributed by atoms with E-state index in [2.05, 4.69) is 9.88 Å². The Balaban J connectivity index is 1.82.